The van der Waals surface area contributed by atoms with Crippen LogP contribution in [0, 0.1) is 12.1 Å². The van der Waals surface area contributed by atoms with E-state index in [1.165, 1.54) is 18.2 Å². The maximum atomic E-state index is 12.6. The number of sulfone groups is 1. The molecule has 2 rings (SSSR count). The van der Waals surface area contributed by atoms with E-state index in [1.807, 2.05) is 0 Å². The van der Waals surface area contributed by atoms with Gasteiger partial charge in [0.05, 0.1) is 11.3 Å². The van der Waals surface area contributed by atoms with Gasteiger partial charge in [-0.1, -0.05) is 18.2 Å². The molecule has 22 heavy (non-hydrogen) atoms. The second-order valence-corrected chi connectivity index (χ2v) is 6.76. The molecule has 0 aliphatic carbocycles. The van der Waals surface area contributed by atoms with E-state index in [0.717, 1.165) is 24.4 Å². The molecule has 0 aliphatic heterocycles. The third-order valence-corrected chi connectivity index (χ3v) is 4.62. The summed E-state index contributed by atoms with van der Waals surface area (Å²) in [5.74, 6) is -0.678. The molecule has 0 spiro atoms. The Labute approximate surface area is 125 Å². The summed E-state index contributed by atoms with van der Waals surface area (Å²) in [7, 11) is -4.05. The second-order valence-electron chi connectivity index (χ2n) is 4.83. The lowest BCUT2D eigenvalue weighted by molar-refractivity contribution is -0.646. The van der Waals surface area contributed by atoms with E-state index in [2.05, 4.69) is 0 Å². The Bertz CT molecular complexity index is 801. The van der Waals surface area contributed by atoms with Crippen molar-refractivity contribution >= 4 is 9.84 Å². The average Bonchev–Trinajstić information content (AvgIpc) is 2.40. The summed E-state index contributed by atoms with van der Waals surface area (Å²) in [6.45, 7) is 1.61. The van der Waals surface area contributed by atoms with Crippen molar-refractivity contribution in [3.63, 3.8) is 0 Å². The molecule has 0 unspecified atom stereocenters. The van der Waals surface area contributed by atoms with E-state index in [9.17, 15) is 26.8 Å². The third kappa shape index (κ3) is 3.56. The van der Waals surface area contributed by atoms with Gasteiger partial charge < -0.3 is 5.21 Å². The monoisotopic (exact) mass is 331 g/mol. The number of benzene rings is 1. The predicted molar refractivity (Wildman–Crippen MR) is 72.5 cm³/mol. The minimum absolute atomic E-state index is 0.0312. The molecular formula is C14H12F3NO3S. The fraction of sp³-hybridized carbons (Fsp3) is 0.214. The van der Waals surface area contributed by atoms with Crippen LogP contribution >= 0.6 is 0 Å². The summed E-state index contributed by atoms with van der Waals surface area (Å²) in [6, 6.07) is 6.66. The SMILES string of the molecule is Cc1cc[n+]([O-])c(S(=O)(=O)Cc2cccc(C(F)(F)F)c2)c1. The van der Waals surface area contributed by atoms with Crippen LogP contribution < -0.4 is 4.73 Å². The topological polar surface area (TPSA) is 61.1 Å². The van der Waals surface area contributed by atoms with Crippen LogP contribution in [0.3, 0.4) is 0 Å². The summed E-state index contributed by atoms with van der Waals surface area (Å²) in [5, 5.41) is 11.1. The number of rotatable bonds is 3. The van der Waals surface area contributed by atoms with Crippen molar-refractivity contribution in [2.45, 2.75) is 23.9 Å². The molecule has 0 atom stereocenters. The highest BCUT2D eigenvalue weighted by Gasteiger charge is 2.31. The highest BCUT2D eigenvalue weighted by Crippen LogP contribution is 2.30. The molecule has 0 N–H and O–H groups in total. The molecule has 8 heteroatoms. The molecule has 4 nitrogen and oxygen atoms in total. The second kappa shape index (κ2) is 5.60. The van der Waals surface area contributed by atoms with Crippen LogP contribution in [-0.4, -0.2) is 8.42 Å². The smallest absolute Gasteiger partial charge is 0.416 e. The van der Waals surface area contributed by atoms with Crippen molar-refractivity contribution in [2.24, 2.45) is 0 Å². The summed E-state index contributed by atoms with van der Waals surface area (Å²) in [5.41, 5.74) is -0.398. The first-order chi connectivity index (χ1) is 10.1. The molecule has 1 heterocycles. The van der Waals surface area contributed by atoms with Crippen LogP contribution in [0.1, 0.15) is 16.7 Å². The molecule has 0 saturated heterocycles. The largest absolute Gasteiger partial charge is 0.618 e. The van der Waals surface area contributed by atoms with Crippen molar-refractivity contribution in [3.05, 3.63) is 64.5 Å². The van der Waals surface area contributed by atoms with E-state index in [1.54, 1.807) is 6.92 Å². The highest BCUT2D eigenvalue weighted by atomic mass is 32.2. The Morgan fingerprint density at radius 3 is 2.50 bits per heavy atom. The summed E-state index contributed by atoms with van der Waals surface area (Å²) in [6.07, 6.45) is -3.50. The minimum atomic E-state index is -4.55. The Morgan fingerprint density at radius 2 is 1.86 bits per heavy atom. The van der Waals surface area contributed by atoms with Gasteiger partial charge in [-0.3, -0.25) is 0 Å². The third-order valence-electron chi connectivity index (χ3n) is 2.97. The molecule has 2 aromatic rings. The van der Waals surface area contributed by atoms with Gasteiger partial charge in [0.1, 0.15) is 0 Å². The van der Waals surface area contributed by atoms with E-state index in [4.69, 9.17) is 0 Å². The molecule has 0 fully saturated rings. The summed E-state index contributed by atoms with van der Waals surface area (Å²) < 4.78 is 62.6. The van der Waals surface area contributed by atoms with Crippen molar-refractivity contribution in [3.8, 4) is 0 Å². The molecule has 0 bridgehead atoms. The number of hydrogen-bond donors (Lipinski definition) is 0. The van der Waals surface area contributed by atoms with Gasteiger partial charge in [-0.25, -0.2) is 8.42 Å². The average molecular weight is 331 g/mol. The lowest BCUT2D eigenvalue weighted by Crippen LogP contribution is -2.34. The molecule has 0 radical (unpaired) electrons. The van der Waals surface area contributed by atoms with E-state index in [-0.39, 0.29) is 10.3 Å². The fourth-order valence-electron chi connectivity index (χ4n) is 1.92. The predicted octanol–water partition coefficient (Wildman–Crippen LogP) is 2.62. The van der Waals surface area contributed by atoms with Crippen LogP contribution in [0.15, 0.2) is 47.6 Å². The highest BCUT2D eigenvalue weighted by molar-refractivity contribution is 7.90. The summed E-state index contributed by atoms with van der Waals surface area (Å²) >= 11 is 0. The van der Waals surface area contributed by atoms with Gasteiger partial charge >= 0.3 is 11.2 Å². The lowest BCUT2D eigenvalue weighted by Gasteiger charge is -2.09. The maximum Gasteiger partial charge on any atom is 0.416 e. The number of aromatic nitrogens is 1. The number of hydrogen-bond acceptors (Lipinski definition) is 3. The number of halogens is 3. The standard InChI is InChI=1S/C14H12F3NO3S/c1-10-5-6-18(19)13(7-10)22(20,21)9-11-3-2-4-12(8-11)14(15,16)17/h2-8H,9H2,1H3. The Hall–Kier alpha value is -2.09. The first kappa shape index (κ1) is 16.3. The molecule has 0 aliphatic rings. The quantitative estimate of drug-likeness (QED) is 0.642. The van der Waals surface area contributed by atoms with Gasteiger partial charge in [0.15, 0.2) is 6.20 Å². The number of pyridine rings is 1. The Kier molecular flexibility index (Phi) is 4.15. The Morgan fingerprint density at radius 1 is 1.18 bits per heavy atom. The van der Waals surface area contributed by atoms with Gasteiger partial charge in [-0.2, -0.15) is 17.9 Å². The summed E-state index contributed by atoms with van der Waals surface area (Å²) in [4.78, 5) is 0. The zero-order valence-electron chi connectivity index (χ0n) is 11.5. The minimum Gasteiger partial charge on any atom is -0.618 e. The molecule has 1 aromatic heterocycles. The fourth-order valence-corrected chi connectivity index (χ4v) is 3.39. The van der Waals surface area contributed by atoms with Gasteiger partial charge in [-0.15, -0.1) is 0 Å². The first-order valence-corrected chi connectivity index (χ1v) is 7.83. The molecule has 118 valence electrons. The molecular weight excluding hydrogens is 319 g/mol. The van der Waals surface area contributed by atoms with Crippen LogP contribution in [0.25, 0.3) is 0 Å². The van der Waals surface area contributed by atoms with E-state index >= 15 is 0 Å². The number of aryl methyl sites for hydroxylation is 1. The Balaban J connectivity index is 2.39. The van der Waals surface area contributed by atoms with Gasteiger partial charge in [0, 0.05) is 12.1 Å². The van der Waals surface area contributed by atoms with Crippen LogP contribution in [0.5, 0.6) is 0 Å². The normalized spacial score (nSPS) is 12.4. The van der Waals surface area contributed by atoms with Gasteiger partial charge in [0.25, 0.3) is 0 Å². The van der Waals surface area contributed by atoms with E-state index in [0.29, 0.717) is 5.56 Å². The zero-order chi connectivity index (χ0) is 16.5. The van der Waals surface area contributed by atoms with Crippen LogP contribution in [0.2, 0.25) is 0 Å². The maximum absolute atomic E-state index is 12.6. The number of nitrogens with zero attached hydrogens (tertiary/aromatic N) is 1. The molecule has 0 amide bonds. The van der Waals surface area contributed by atoms with Crippen molar-refractivity contribution in [2.75, 3.05) is 0 Å². The van der Waals surface area contributed by atoms with Crippen LogP contribution in [0.4, 0.5) is 13.2 Å². The van der Waals surface area contributed by atoms with Crippen LogP contribution in [-0.2, 0) is 21.8 Å². The number of alkyl halides is 3. The van der Waals surface area contributed by atoms with Crippen molar-refractivity contribution in [1.82, 2.24) is 0 Å². The van der Waals surface area contributed by atoms with Crippen molar-refractivity contribution < 1.29 is 26.3 Å². The first-order valence-electron chi connectivity index (χ1n) is 6.18. The lowest BCUT2D eigenvalue weighted by atomic mass is 10.1. The zero-order valence-corrected chi connectivity index (χ0v) is 12.3. The molecule has 0 saturated carbocycles. The van der Waals surface area contributed by atoms with Gasteiger partial charge in [-0.05, 0) is 24.1 Å². The molecule has 1 aromatic carbocycles. The van der Waals surface area contributed by atoms with Crippen molar-refractivity contribution in [1.29, 1.82) is 0 Å². The van der Waals surface area contributed by atoms with E-state index < -0.39 is 32.4 Å². The van der Waals surface area contributed by atoms with Gasteiger partial charge in [0.2, 0.25) is 9.84 Å².